The number of hydrogen-bond acceptors (Lipinski definition) is 4. The molecule has 0 unspecified atom stereocenters. The van der Waals surface area contributed by atoms with E-state index in [-0.39, 0.29) is 5.91 Å². The molecule has 1 aliphatic rings. The monoisotopic (exact) mass is 237 g/mol. The fraction of sp³-hybridized carbons (Fsp3) is 0.727. The van der Waals surface area contributed by atoms with Gasteiger partial charge in [0.05, 0.1) is 6.54 Å². The first-order chi connectivity index (χ1) is 8.34. The molecule has 1 fully saturated rings. The van der Waals surface area contributed by atoms with Gasteiger partial charge in [0, 0.05) is 19.0 Å². The van der Waals surface area contributed by atoms with Gasteiger partial charge in [-0.3, -0.25) is 9.48 Å². The van der Waals surface area contributed by atoms with Crippen molar-refractivity contribution < 1.29 is 4.79 Å². The molecule has 1 aliphatic heterocycles. The summed E-state index contributed by atoms with van der Waals surface area (Å²) in [7, 11) is 0. The van der Waals surface area contributed by atoms with E-state index in [0.717, 1.165) is 19.5 Å². The van der Waals surface area contributed by atoms with Gasteiger partial charge in [0.1, 0.15) is 12.7 Å². The largest absolute Gasteiger partial charge is 0.356 e. The fourth-order valence-electron chi connectivity index (χ4n) is 2.04. The number of nitrogens with zero attached hydrogens (tertiary/aromatic N) is 3. The molecule has 1 amide bonds. The Morgan fingerprint density at radius 2 is 2.53 bits per heavy atom. The summed E-state index contributed by atoms with van der Waals surface area (Å²) >= 11 is 0. The highest BCUT2D eigenvalue weighted by Crippen LogP contribution is 2.07. The van der Waals surface area contributed by atoms with Crippen molar-refractivity contribution in [1.29, 1.82) is 0 Å². The maximum atomic E-state index is 11.5. The molecule has 0 aliphatic carbocycles. The smallest absolute Gasteiger partial charge is 0.221 e. The lowest BCUT2D eigenvalue weighted by Gasteiger charge is -2.10. The van der Waals surface area contributed by atoms with E-state index < -0.39 is 0 Å². The van der Waals surface area contributed by atoms with Crippen LogP contribution in [0.4, 0.5) is 0 Å². The minimum Gasteiger partial charge on any atom is -0.356 e. The second kappa shape index (κ2) is 6.34. The molecule has 94 valence electrons. The van der Waals surface area contributed by atoms with Gasteiger partial charge in [-0.25, -0.2) is 4.98 Å². The summed E-state index contributed by atoms with van der Waals surface area (Å²) in [5, 5.41) is 10.3. The highest BCUT2D eigenvalue weighted by atomic mass is 16.1. The molecule has 0 spiro atoms. The minimum atomic E-state index is 0.0819. The molecule has 6 nitrogen and oxygen atoms in total. The van der Waals surface area contributed by atoms with Crippen LogP contribution >= 0.6 is 0 Å². The standard InChI is InChI=1S/C11H19N5O/c17-11(4-7-16-9-12-8-15-16)14-6-3-10-2-1-5-13-10/h8-10,13H,1-7H2,(H,14,17)/t10-/m0/s1. The van der Waals surface area contributed by atoms with Crippen molar-refractivity contribution in [2.75, 3.05) is 13.1 Å². The lowest BCUT2D eigenvalue weighted by Crippen LogP contribution is -2.31. The van der Waals surface area contributed by atoms with E-state index in [4.69, 9.17) is 0 Å². The van der Waals surface area contributed by atoms with Crippen molar-refractivity contribution in [3.8, 4) is 0 Å². The summed E-state index contributed by atoms with van der Waals surface area (Å²) < 4.78 is 1.66. The molecule has 6 heteroatoms. The number of aromatic nitrogens is 3. The van der Waals surface area contributed by atoms with E-state index in [0.29, 0.717) is 19.0 Å². The number of aryl methyl sites for hydroxylation is 1. The number of carbonyl (C=O) groups is 1. The molecule has 1 atom stereocenters. The Morgan fingerprint density at radius 3 is 3.24 bits per heavy atom. The first kappa shape index (κ1) is 12.0. The normalized spacial score (nSPS) is 19.4. The first-order valence-electron chi connectivity index (χ1n) is 6.17. The van der Waals surface area contributed by atoms with E-state index in [2.05, 4.69) is 20.7 Å². The molecule has 0 radical (unpaired) electrons. The van der Waals surface area contributed by atoms with Crippen LogP contribution in [0.1, 0.15) is 25.7 Å². The second-order valence-electron chi connectivity index (χ2n) is 4.34. The molecule has 1 aromatic heterocycles. The van der Waals surface area contributed by atoms with Crippen molar-refractivity contribution in [2.45, 2.75) is 38.3 Å². The van der Waals surface area contributed by atoms with Crippen molar-refractivity contribution in [3.63, 3.8) is 0 Å². The predicted octanol–water partition coefficient (Wildman–Crippen LogP) is -0.0735. The Balaban J connectivity index is 1.54. The van der Waals surface area contributed by atoms with Crippen LogP contribution < -0.4 is 10.6 Å². The molecule has 0 aromatic carbocycles. The van der Waals surface area contributed by atoms with Crippen LogP contribution in [0.5, 0.6) is 0 Å². The van der Waals surface area contributed by atoms with Crippen LogP contribution in [-0.2, 0) is 11.3 Å². The van der Waals surface area contributed by atoms with Crippen molar-refractivity contribution in [2.24, 2.45) is 0 Å². The molecule has 2 rings (SSSR count). The third-order valence-corrected chi connectivity index (χ3v) is 3.01. The molecule has 2 heterocycles. The van der Waals surface area contributed by atoms with E-state index in [1.807, 2.05) is 0 Å². The van der Waals surface area contributed by atoms with Gasteiger partial charge in [0.15, 0.2) is 0 Å². The fourth-order valence-corrected chi connectivity index (χ4v) is 2.04. The van der Waals surface area contributed by atoms with Gasteiger partial charge in [0.25, 0.3) is 0 Å². The van der Waals surface area contributed by atoms with E-state index >= 15 is 0 Å². The molecule has 0 bridgehead atoms. The van der Waals surface area contributed by atoms with Gasteiger partial charge in [-0.1, -0.05) is 0 Å². The van der Waals surface area contributed by atoms with Crippen LogP contribution in [0.25, 0.3) is 0 Å². The summed E-state index contributed by atoms with van der Waals surface area (Å²) in [6.45, 7) is 2.46. The van der Waals surface area contributed by atoms with E-state index in [1.54, 1.807) is 11.0 Å². The second-order valence-corrected chi connectivity index (χ2v) is 4.34. The zero-order valence-corrected chi connectivity index (χ0v) is 9.93. The molecular formula is C11H19N5O. The molecule has 17 heavy (non-hydrogen) atoms. The van der Waals surface area contributed by atoms with Gasteiger partial charge in [0.2, 0.25) is 5.91 Å². The number of nitrogens with one attached hydrogen (secondary N) is 2. The average Bonchev–Trinajstić information content (AvgIpc) is 2.99. The van der Waals surface area contributed by atoms with Crippen molar-refractivity contribution in [3.05, 3.63) is 12.7 Å². The third-order valence-electron chi connectivity index (χ3n) is 3.01. The Morgan fingerprint density at radius 1 is 1.59 bits per heavy atom. The third kappa shape index (κ3) is 4.14. The Kier molecular flexibility index (Phi) is 4.49. The number of hydrogen-bond donors (Lipinski definition) is 2. The molecule has 1 aromatic rings. The van der Waals surface area contributed by atoms with E-state index in [1.165, 1.54) is 19.2 Å². The molecule has 2 N–H and O–H groups in total. The van der Waals surface area contributed by atoms with Gasteiger partial charge in [-0.15, -0.1) is 0 Å². The summed E-state index contributed by atoms with van der Waals surface area (Å²) in [6, 6.07) is 0.589. The maximum absolute atomic E-state index is 11.5. The predicted molar refractivity (Wildman–Crippen MR) is 63.3 cm³/mol. The summed E-state index contributed by atoms with van der Waals surface area (Å²) in [6.07, 6.45) is 7.07. The molecule has 0 saturated carbocycles. The minimum absolute atomic E-state index is 0.0819. The quantitative estimate of drug-likeness (QED) is 0.726. The maximum Gasteiger partial charge on any atom is 0.221 e. The Labute approximate surface area is 101 Å². The Hall–Kier alpha value is -1.43. The zero-order valence-electron chi connectivity index (χ0n) is 9.93. The van der Waals surface area contributed by atoms with Gasteiger partial charge < -0.3 is 10.6 Å². The first-order valence-corrected chi connectivity index (χ1v) is 6.17. The van der Waals surface area contributed by atoms with Crippen LogP contribution in [0.2, 0.25) is 0 Å². The van der Waals surface area contributed by atoms with Gasteiger partial charge in [-0.05, 0) is 25.8 Å². The van der Waals surface area contributed by atoms with Crippen LogP contribution in [0.15, 0.2) is 12.7 Å². The van der Waals surface area contributed by atoms with Gasteiger partial charge >= 0.3 is 0 Å². The summed E-state index contributed by atoms with van der Waals surface area (Å²) in [5.74, 6) is 0.0819. The average molecular weight is 237 g/mol. The topological polar surface area (TPSA) is 71.8 Å². The van der Waals surface area contributed by atoms with Gasteiger partial charge in [-0.2, -0.15) is 5.10 Å². The Bertz CT molecular complexity index is 332. The highest BCUT2D eigenvalue weighted by Gasteiger charge is 2.13. The van der Waals surface area contributed by atoms with Crippen LogP contribution in [-0.4, -0.2) is 39.8 Å². The number of rotatable bonds is 6. The molecule has 1 saturated heterocycles. The van der Waals surface area contributed by atoms with Crippen LogP contribution in [0, 0.1) is 0 Å². The molecular weight excluding hydrogens is 218 g/mol. The van der Waals surface area contributed by atoms with Crippen molar-refractivity contribution in [1.82, 2.24) is 25.4 Å². The summed E-state index contributed by atoms with van der Waals surface area (Å²) in [5.41, 5.74) is 0. The summed E-state index contributed by atoms with van der Waals surface area (Å²) in [4.78, 5) is 15.3. The van der Waals surface area contributed by atoms with E-state index in [9.17, 15) is 4.79 Å². The zero-order chi connectivity index (χ0) is 11.9. The van der Waals surface area contributed by atoms with Crippen LogP contribution in [0.3, 0.4) is 0 Å². The highest BCUT2D eigenvalue weighted by molar-refractivity contribution is 5.75. The number of amides is 1. The van der Waals surface area contributed by atoms with Crippen molar-refractivity contribution >= 4 is 5.91 Å². The SMILES string of the molecule is O=C(CCn1cncn1)NCC[C@@H]1CCCN1. The lowest BCUT2D eigenvalue weighted by molar-refractivity contribution is -0.121. The number of carbonyl (C=O) groups excluding carboxylic acids is 1. The lowest BCUT2D eigenvalue weighted by atomic mass is 10.1.